The van der Waals surface area contributed by atoms with Crippen molar-refractivity contribution < 1.29 is 29.1 Å². The summed E-state index contributed by atoms with van der Waals surface area (Å²) < 4.78 is 0. The monoisotopic (exact) mass is 272 g/mol. The third-order valence-electron chi connectivity index (χ3n) is 2.93. The summed E-state index contributed by atoms with van der Waals surface area (Å²) >= 11 is 0. The van der Waals surface area contributed by atoms with Crippen LogP contribution in [0.1, 0.15) is 33.1 Å². The standard InChI is InChI=1S/C11H16N2O6/c1-3-6(2)9(12-11(17)18)10(16)19-13-7(14)4-5-8(13)15/h6,9,12H,3-5H2,1-2H3,(H,17,18). The van der Waals surface area contributed by atoms with Gasteiger partial charge in [-0.2, -0.15) is 0 Å². The molecule has 8 heteroatoms. The fourth-order valence-corrected chi connectivity index (χ4v) is 1.61. The zero-order chi connectivity index (χ0) is 14.6. The van der Waals surface area contributed by atoms with Crippen molar-refractivity contribution in [2.45, 2.75) is 39.2 Å². The summed E-state index contributed by atoms with van der Waals surface area (Å²) in [7, 11) is 0. The largest absolute Gasteiger partial charge is 0.465 e. The SMILES string of the molecule is CCC(C)C(NC(=O)O)C(=O)ON1C(=O)CCC1=O. The molecule has 3 amide bonds. The summed E-state index contributed by atoms with van der Waals surface area (Å²) in [5.41, 5.74) is 0. The van der Waals surface area contributed by atoms with E-state index in [1.165, 1.54) is 0 Å². The van der Waals surface area contributed by atoms with Gasteiger partial charge in [-0.3, -0.25) is 9.59 Å². The van der Waals surface area contributed by atoms with Crippen LogP contribution in [0.2, 0.25) is 0 Å². The molecule has 0 radical (unpaired) electrons. The normalized spacial score (nSPS) is 18.1. The number of nitrogens with zero attached hydrogens (tertiary/aromatic N) is 1. The van der Waals surface area contributed by atoms with Crippen LogP contribution in [-0.4, -0.2) is 40.1 Å². The molecule has 0 aromatic heterocycles. The van der Waals surface area contributed by atoms with Crippen molar-refractivity contribution in [3.63, 3.8) is 0 Å². The Bertz CT molecular complexity index is 392. The molecule has 0 aromatic carbocycles. The maximum Gasteiger partial charge on any atom is 0.405 e. The van der Waals surface area contributed by atoms with Gasteiger partial charge in [0.1, 0.15) is 6.04 Å². The van der Waals surface area contributed by atoms with Crippen LogP contribution in [0.3, 0.4) is 0 Å². The summed E-state index contributed by atoms with van der Waals surface area (Å²) in [6, 6.07) is -1.12. The van der Waals surface area contributed by atoms with Gasteiger partial charge >= 0.3 is 12.1 Å². The highest BCUT2D eigenvalue weighted by molar-refractivity contribution is 6.01. The van der Waals surface area contributed by atoms with Crippen LogP contribution in [0.4, 0.5) is 4.79 Å². The second kappa shape index (κ2) is 6.17. The summed E-state index contributed by atoms with van der Waals surface area (Å²) in [6.45, 7) is 3.44. The number of carbonyl (C=O) groups is 4. The topological polar surface area (TPSA) is 113 Å². The Kier molecular flexibility index (Phi) is 4.85. The van der Waals surface area contributed by atoms with E-state index in [-0.39, 0.29) is 18.8 Å². The van der Waals surface area contributed by atoms with Gasteiger partial charge in [0.25, 0.3) is 11.8 Å². The Balaban J connectivity index is 2.73. The van der Waals surface area contributed by atoms with E-state index in [0.717, 1.165) is 0 Å². The molecule has 1 aliphatic heterocycles. The lowest BCUT2D eigenvalue weighted by Gasteiger charge is -2.22. The van der Waals surface area contributed by atoms with E-state index in [2.05, 4.69) is 0 Å². The van der Waals surface area contributed by atoms with E-state index in [9.17, 15) is 19.2 Å². The molecule has 0 saturated carbocycles. The van der Waals surface area contributed by atoms with Crippen molar-refractivity contribution in [1.82, 2.24) is 10.4 Å². The predicted octanol–water partition coefficient (Wildman–Crippen LogP) is 0.276. The van der Waals surface area contributed by atoms with Gasteiger partial charge in [0.2, 0.25) is 0 Å². The lowest BCUT2D eigenvalue weighted by atomic mass is 10.00. The molecule has 106 valence electrons. The van der Waals surface area contributed by atoms with E-state index in [1.54, 1.807) is 13.8 Å². The van der Waals surface area contributed by atoms with Gasteiger partial charge in [0.15, 0.2) is 0 Å². The fraction of sp³-hybridized carbons (Fsp3) is 0.636. The number of hydrogen-bond acceptors (Lipinski definition) is 5. The Morgan fingerprint density at radius 2 is 1.89 bits per heavy atom. The Labute approximate surface area is 109 Å². The molecule has 8 nitrogen and oxygen atoms in total. The number of carbonyl (C=O) groups excluding carboxylic acids is 3. The summed E-state index contributed by atoms with van der Waals surface area (Å²) in [6.07, 6.45) is -0.859. The van der Waals surface area contributed by atoms with Gasteiger partial charge in [-0.15, -0.1) is 5.06 Å². The number of amides is 3. The number of imide groups is 1. The second-order valence-corrected chi connectivity index (χ2v) is 4.30. The minimum absolute atomic E-state index is 0.00747. The van der Waals surface area contributed by atoms with Gasteiger partial charge in [0.05, 0.1) is 0 Å². The summed E-state index contributed by atoms with van der Waals surface area (Å²) in [5, 5.41) is 11.1. The van der Waals surface area contributed by atoms with Gasteiger partial charge in [-0.1, -0.05) is 20.3 Å². The lowest BCUT2D eigenvalue weighted by Crippen LogP contribution is -2.48. The minimum Gasteiger partial charge on any atom is -0.465 e. The van der Waals surface area contributed by atoms with Crippen LogP contribution < -0.4 is 5.32 Å². The van der Waals surface area contributed by atoms with Crippen LogP contribution in [0.5, 0.6) is 0 Å². The summed E-state index contributed by atoms with van der Waals surface area (Å²) in [5.74, 6) is -2.48. The zero-order valence-electron chi connectivity index (χ0n) is 10.7. The molecule has 2 unspecified atom stereocenters. The van der Waals surface area contributed by atoms with Crippen LogP contribution >= 0.6 is 0 Å². The number of hydrogen-bond donors (Lipinski definition) is 2. The van der Waals surface area contributed by atoms with Gasteiger partial charge < -0.3 is 15.3 Å². The average Bonchev–Trinajstić information content (AvgIpc) is 2.66. The van der Waals surface area contributed by atoms with Gasteiger partial charge in [-0.25, -0.2) is 9.59 Å². The number of hydroxylamine groups is 2. The van der Waals surface area contributed by atoms with Crippen LogP contribution in [0.15, 0.2) is 0 Å². The zero-order valence-corrected chi connectivity index (χ0v) is 10.7. The Hall–Kier alpha value is -2.12. The van der Waals surface area contributed by atoms with Gasteiger partial charge in [0, 0.05) is 12.8 Å². The molecular formula is C11H16N2O6. The number of carboxylic acid groups (broad SMARTS) is 1. The molecule has 19 heavy (non-hydrogen) atoms. The Morgan fingerprint density at radius 1 is 1.37 bits per heavy atom. The van der Waals surface area contributed by atoms with E-state index < -0.39 is 29.9 Å². The van der Waals surface area contributed by atoms with Crippen LogP contribution in [0, 0.1) is 5.92 Å². The molecule has 2 N–H and O–H groups in total. The molecule has 1 heterocycles. The molecule has 0 spiro atoms. The van der Waals surface area contributed by atoms with E-state index in [4.69, 9.17) is 9.94 Å². The first kappa shape index (κ1) is 14.9. The maximum atomic E-state index is 11.8. The summed E-state index contributed by atoms with van der Waals surface area (Å²) in [4.78, 5) is 49.7. The van der Waals surface area contributed by atoms with Crippen molar-refractivity contribution in [2.24, 2.45) is 5.92 Å². The molecular weight excluding hydrogens is 256 g/mol. The molecule has 0 aliphatic carbocycles. The van der Waals surface area contributed by atoms with Crippen molar-refractivity contribution >= 4 is 23.9 Å². The van der Waals surface area contributed by atoms with Crippen LogP contribution in [-0.2, 0) is 19.2 Å². The van der Waals surface area contributed by atoms with E-state index in [1.807, 2.05) is 5.32 Å². The molecule has 1 saturated heterocycles. The van der Waals surface area contributed by atoms with E-state index >= 15 is 0 Å². The van der Waals surface area contributed by atoms with Crippen molar-refractivity contribution in [1.29, 1.82) is 0 Å². The average molecular weight is 272 g/mol. The van der Waals surface area contributed by atoms with Gasteiger partial charge in [-0.05, 0) is 5.92 Å². The predicted molar refractivity (Wildman–Crippen MR) is 61.6 cm³/mol. The molecule has 1 fully saturated rings. The quantitative estimate of drug-likeness (QED) is 0.695. The second-order valence-electron chi connectivity index (χ2n) is 4.30. The Morgan fingerprint density at radius 3 is 2.32 bits per heavy atom. The van der Waals surface area contributed by atoms with Crippen molar-refractivity contribution in [2.75, 3.05) is 0 Å². The number of rotatable bonds is 5. The first-order chi connectivity index (χ1) is 8.86. The maximum absolute atomic E-state index is 11.8. The molecule has 2 atom stereocenters. The highest BCUT2D eigenvalue weighted by atomic mass is 16.7. The van der Waals surface area contributed by atoms with Crippen LogP contribution in [0.25, 0.3) is 0 Å². The third-order valence-corrected chi connectivity index (χ3v) is 2.93. The van der Waals surface area contributed by atoms with Crippen molar-refractivity contribution in [3.05, 3.63) is 0 Å². The first-order valence-corrected chi connectivity index (χ1v) is 5.93. The highest BCUT2D eigenvalue weighted by Crippen LogP contribution is 2.15. The van der Waals surface area contributed by atoms with Crippen molar-refractivity contribution in [3.8, 4) is 0 Å². The third kappa shape index (κ3) is 3.67. The fourth-order valence-electron chi connectivity index (χ4n) is 1.61. The molecule has 1 rings (SSSR count). The number of nitrogens with one attached hydrogen (secondary N) is 1. The smallest absolute Gasteiger partial charge is 0.405 e. The molecule has 0 aromatic rings. The lowest BCUT2D eigenvalue weighted by molar-refractivity contribution is -0.199. The molecule has 0 bridgehead atoms. The van der Waals surface area contributed by atoms with E-state index in [0.29, 0.717) is 11.5 Å². The first-order valence-electron chi connectivity index (χ1n) is 5.93. The molecule has 1 aliphatic rings. The minimum atomic E-state index is -1.37. The highest BCUT2D eigenvalue weighted by Gasteiger charge is 2.36.